The Labute approximate surface area is 189 Å². The summed E-state index contributed by atoms with van der Waals surface area (Å²) < 4.78 is 5.21. The molecule has 2 heterocycles. The number of ether oxygens (including phenoxy) is 1. The highest BCUT2D eigenvalue weighted by atomic mass is 35.5. The van der Waals surface area contributed by atoms with Gasteiger partial charge >= 0.3 is 0 Å². The first-order valence-corrected chi connectivity index (χ1v) is 11.1. The fourth-order valence-electron chi connectivity index (χ4n) is 3.43. The van der Waals surface area contributed by atoms with Gasteiger partial charge in [-0.3, -0.25) is 14.6 Å². The van der Waals surface area contributed by atoms with Gasteiger partial charge in [-0.05, 0) is 48.7 Å². The van der Waals surface area contributed by atoms with E-state index in [4.69, 9.17) is 16.3 Å². The van der Waals surface area contributed by atoms with Crippen LogP contribution in [-0.2, 0) is 9.59 Å². The molecule has 31 heavy (non-hydrogen) atoms. The fourth-order valence-corrected chi connectivity index (χ4v) is 4.37. The quantitative estimate of drug-likeness (QED) is 0.636. The number of carbonyl (C=O) groups is 2. The summed E-state index contributed by atoms with van der Waals surface area (Å²) in [7, 11) is 1.62. The molecule has 0 aromatic heterocycles. The molecule has 3 N–H and O–H groups in total. The van der Waals surface area contributed by atoms with E-state index in [-0.39, 0.29) is 23.6 Å². The van der Waals surface area contributed by atoms with Crippen molar-refractivity contribution in [1.82, 2.24) is 15.9 Å². The van der Waals surface area contributed by atoms with Crippen molar-refractivity contribution in [1.29, 1.82) is 0 Å². The van der Waals surface area contributed by atoms with Gasteiger partial charge in [0.2, 0.25) is 5.91 Å². The molecule has 2 atom stereocenters. The number of methoxy groups -OCH3 is 1. The first-order chi connectivity index (χ1) is 14.9. The molecule has 2 aromatic rings. The number of hydrazone groups is 1. The van der Waals surface area contributed by atoms with E-state index in [1.807, 2.05) is 37.3 Å². The minimum atomic E-state index is -0.397. The van der Waals surface area contributed by atoms with Crippen LogP contribution in [0.3, 0.4) is 0 Å². The van der Waals surface area contributed by atoms with Crippen molar-refractivity contribution in [3.05, 3.63) is 58.6 Å². The van der Waals surface area contributed by atoms with Crippen LogP contribution in [0.4, 0.5) is 5.69 Å². The lowest BCUT2D eigenvalue weighted by atomic mass is 10.0. The first kappa shape index (κ1) is 21.5. The maximum Gasteiger partial charge on any atom is 0.264 e. The lowest BCUT2D eigenvalue weighted by Gasteiger charge is -2.29. The second-order valence-corrected chi connectivity index (χ2v) is 8.60. The Morgan fingerprint density at radius 1 is 1.32 bits per heavy atom. The monoisotopic (exact) mass is 459 g/mol. The summed E-state index contributed by atoms with van der Waals surface area (Å²) >= 11 is 7.36. The van der Waals surface area contributed by atoms with E-state index in [1.54, 1.807) is 24.3 Å². The molecule has 8 nitrogen and oxygen atoms in total. The van der Waals surface area contributed by atoms with Crippen LogP contribution in [0.1, 0.15) is 23.6 Å². The van der Waals surface area contributed by atoms with Gasteiger partial charge in [-0.1, -0.05) is 41.6 Å². The minimum Gasteiger partial charge on any atom is -0.497 e. The molecule has 10 heteroatoms. The van der Waals surface area contributed by atoms with Crippen LogP contribution in [0.25, 0.3) is 0 Å². The van der Waals surface area contributed by atoms with E-state index < -0.39 is 6.04 Å². The molecule has 2 aliphatic heterocycles. The number of anilines is 1. The van der Waals surface area contributed by atoms with Gasteiger partial charge in [0.15, 0.2) is 5.17 Å². The van der Waals surface area contributed by atoms with Gasteiger partial charge in [0, 0.05) is 10.7 Å². The number of hydrogen-bond acceptors (Lipinski definition) is 7. The number of hydrogen-bond donors (Lipinski definition) is 3. The second kappa shape index (κ2) is 9.17. The van der Waals surface area contributed by atoms with E-state index in [2.05, 4.69) is 21.3 Å². The fraction of sp³-hybridized carbons (Fsp3) is 0.286. The average Bonchev–Trinajstić information content (AvgIpc) is 3.22. The Bertz CT molecular complexity index is 1030. The van der Waals surface area contributed by atoms with Gasteiger partial charge in [-0.2, -0.15) is 0 Å². The number of carbonyl (C=O) groups excluding carboxylic acids is 2. The van der Waals surface area contributed by atoms with Crippen molar-refractivity contribution in [3.8, 4) is 5.75 Å². The Morgan fingerprint density at radius 3 is 2.81 bits per heavy atom. The van der Waals surface area contributed by atoms with E-state index in [1.165, 1.54) is 11.8 Å². The summed E-state index contributed by atoms with van der Waals surface area (Å²) in [6, 6.07) is 12.6. The maximum atomic E-state index is 12.4. The highest BCUT2D eigenvalue weighted by Gasteiger charge is 2.41. The molecular formula is C21H22ClN5O3S. The SMILES string of the molecule is COc1ccc(C2CC3C(=O)NN=C(SCC(=O)Nc4ccc(C)c(Cl)c4)N3N2)cc1. The third-order valence-electron chi connectivity index (χ3n) is 5.14. The number of hydrazine groups is 1. The predicted octanol–water partition coefficient (Wildman–Crippen LogP) is 3.05. The van der Waals surface area contributed by atoms with Crippen LogP contribution in [0.2, 0.25) is 5.02 Å². The molecule has 2 aliphatic rings. The molecule has 2 aromatic carbocycles. The zero-order valence-electron chi connectivity index (χ0n) is 17.0. The summed E-state index contributed by atoms with van der Waals surface area (Å²) in [5, 5.41) is 9.84. The molecule has 0 bridgehead atoms. The molecular weight excluding hydrogens is 438 g/mol. The van der Waals surface area contributed by atoms with Crippen molar-refractivity contribution >= 4 is 46.0 Å². The van der Waals surface area contributed by atoms with E-state index >= 15 is 0 Å². The van der Waals surface area contributed by atoms with Crippen molar-refractivity contribution in [3.63, 3.8) is 0 Å². The lowest BCUT2D eigenvalue weighted by molar-refractivity contribution is -0.125. The second-order valence-electron chi connectivity index (χ2n) is 7.25. The normalized spacial score (nSPS) is 20.0. The predicted molar refractivity (Wildman–Crippen MR) is 122 cm³/mol. The summed E-state index contributed by atoms with van der Waals surface area (Å²) in [5.41, 5.74) is 8.53. The van der Waals surface area contributed by atoms with Gasteiger partial charge in [-0.25, -0.2) is 10.9 Å². The summed E-state index contributed by atoms with van der Waals surface area (Å²) in [6.45, 7) is 1.90. The van der Waals surface area contributed by atoms with Gasteiger partial charge in [0.1, 0.15) is 11.8 Å². The zero-order valence-corrected chi connectivity index (χ0v) is 18.6. The highest BCUT2D eigenvalue weighted by molar-refractivity contribution is 8.14. The number of benzene rings is 2. The van der Waals surface area contributed by atoms with Crippen molar-refractivity contribution < 1.29 is 14.3 Å². The Hall–Kier alpha value is -2.75. The number of nitrogens with zero attached hydrogens (tertiary/aromatic N) is 2. The van der Waals surface area contributed by atoms with Crippen LogP contribution in [-0.4, -0.2) is 40.9 Å². The molecule has 4 rings (SSSR count). The topological polar surface area (TPSA) is 95.1 Å². The maximum absolute atomic E-state index is 12.4. The standard InChI is InChI=1S/C21H22ClN5O3S/c1-12-3-6-14(9-16(12)22)23-19(28)11-31-21-25-24-20(29)18-10-17(26-27(18)21)13-4-7-15(30-2)8-5-13/h3-9,17-18,26H,10-11H2,1-2H3,(H,23,28)(H,24,29). The number of halogens is 1. The number of fused-ring (bicyclic) bond motifs is 1. The van der Waals surface area contributed by atoms with Gasteiger partial charge in [0.05, 0.1) is 18.9 Å². The first-order valence-electron chi connectivity index (χ1n) is 9.70. The molecule has 0 radical (unpaired) electrons. The van der Waals surface area contributed by atoms with Gasteiger partial charge < -0.3 is 10.1 Å². The molecule has 2 amide bonds. The van der Waals surface area contributed by atoms with Crippen molar-refractivity contribution in [2.75, 3.05) is 18.2 Å². The number of amides is 2. The molecule has 0 spiro atoms. The smallest absolute Gasteiger partial charge is 0.264 e. The molecule has 0 saturated carbocycles. The van der Waals surface area contributed by atoms with Crippen molar-refractivity contribution in [2.45, 2.75) is 25.4 Å². The Morgan fingerprint density at radius 2 is 2.10 bits per heavy atom. The number of aryl methyl sites for hydroxylation is 1. The molecule has 1 saturated heterocycles. The van der Waals surface area contributed by atoms with Gasteiger partial charge in [0.25, 0.3) is 5.91 Å². The zero-order chi connectivity index (χ0) is 22.0. The number of nitrogens with one attached hydrogen (secondary N) is 3. The summed E-state index contributed by atoms with van der Waals surface area (Å²) in [6.07, 6.45) is 0.589. The average molecular weight is 460 g/mol. The lowest BCUT2D eigenvalue weighted by Crippen LogP contribution is -2.52. The Kier molecular flexibility index (Phi) is 6.35. The van der Waals surface area contributed by atoms with Crippen molar-refractivity contribution in [2.24, 2.45) is 5.10 Å². The molecule has 0 aliphatic carbocycles. The number of amidine groups is 1. The molecule has 2 unspecified atom stereocenters. The summed E-state index contributed by atoms with van der Waals surface area (Å²) in [4.78, 5) is 24.7. The molecule has 162 valence electrons. The largest absolute Gasteiger partial charge is 0.497 e. The van der Waals surface area contributed by atoms with Crippen LogP contribution in [0.5, 0.6) is 5.75 Å². The van der Waals surface area contributed by atoms with Crippen LogP contribution in [0.15, 0.2) is 47.6 Å². The summed E-state index contributed by atoms with van der Waals surface area (Å²) in [5.74, 6) is 0.549. The van der Waals surface area contributed by atoms with Gasteiger partial charge in [-0.15, -0.1) is 5.10 Å². The van der Waals surface area contributed by atoms with Crippen LogP contribution >= 0.6 is 23.4 Å². The van der Waals surface area contributed by atoms with E-state index in [0.717, 1.165) is 16.9 Å². The Balaban J connectivity index is 1.38. The number of thioether (sulfide) groups is 1. The molecule has 1 fully saturated rings. The van der Waals surface area contributed by atoms with Crippen LogP contribution < -0.4 is 20.9 Å². The third kappa shape index (κ3) is 4.79. The number of rotatable bonds is 5. The minimum absolute atomic E-state index is 0.0471. The van der Waals surface area contributed by atoms with E-state index in [0.29, 0.717) is 22.3 Å². The highest BCUT2D eigenvalue weighted by Crippen LogP contribution is 2.32. The van der Waals surface area contributed by atoms with E-state index in [9.17, 15) is 9.59 Å². The van der Waals surface area contributed by atoms with Crippen LogP contribution in [0, 0.1) is 6.92 Å². The third-order valence-corrected chi connectivity index (χ3v) is 6.50.